The second kappa shape index (κ2) is 12.0. The molecule has 4 atom stereocenters. The van der Waals surface area contributed by atoms with Gasteiger partial charge in [0.05, 0.1) is 20.3 Å². The molecule has 2 fully saturated rings. The van der Waals surface area contributed by atoms with Crippen LogP contribution in [0.4, 0.5) is 4.79 Å². The van der Waals surface area contributed by atoms with E-state index in [0.29, 0.717) is 47.1 Å². The van der Waals surface area contributed by atoms with Gasteiger partial charge in [-0.2, -0.15) is 0 Å². The molecule has 1 aliphatic carbocycles. The molecule has 1 heterocycles. The molecule has 1 saturated carbocycles. The number of carbonyl (C=O) groups is 2. The number of benzene rings is 2. The maximum atomic E-state index is 13.2. The number of rotatable bonds is 9. The number of ether oxygens (including phenoxy) is 3. The number of alkyl carbamates (subject to hydrolysis) is 1. The Labute approximate surface area is 229 Å². The van der Waals surface area contributed by atoms with Crippen LogP contribution in [0.2, 0.25) is 10.0 Å². The van der Waals surface area contributed by atoms with Crippen molar-refractivity contribution in [3.63, 3.8) is 0 Å². The van der Waals surface area contributed by atoms with E-state index in [0.717, 1.165) is 11.1 Å². The minimum atomic E-state index is -1.09. The first-order chi connectivity index (χ1) is 17.4. The second-order valence-corrected chi connectivity index (χ2v) is 10.6. The predicted molar refractivity (Wildman–Crippen MR) is 142 cm³/mol. The maximum absolute atomic E-state index is 13.2. The summed E-state index contributed by atoms with van der Waals surface area (Å²) in [5.41, 5.74) is 0.959. The van der Waals surface area contributed by atoms with Crippen LogP contribution < -0.4 is 15.4 Å². The molecule has 2 N–H and O–H groups in total. The molecular weight excluding hydrogens is 571 g/mol. The van der Waals surface area contributed by atoms with Crippen LogP contribution in [0.25, 0.3) is 0 Å². The summed E-state index contributed by atoms with van der Waals surface area (Å²) in [5, 5.41) is 7.86. The van der Waals surface area contributed by atoms with Crippen molar-refractivity contribution in [3.8, 4) is 5.75 Å². The second-order valence-electron chi connectivity index (χ2n) is 8.96. The minimum absolute atomic E-state index is 0.0275. The van der Waals surface area contributed by atoms with Crippen molar-refractivity contribution < 1.29 is 23.8 Å². The van der Waals surface area contributed by atoms with E-state index in [1.54, 1.807) is 7.11 Å². The Hall–Kier alpha value is -2.00. The van der Waals surface area contributed by atoms with E-state index in [-0.39, 0.29) is 36.9 Å². The first-order valence-electron chi connectivity index (χ1n) is 11.9. The molecule has 4 rings (SSSR count). The van der Waals surface area contributed by atoms with Crippen molar-refractivity contribution >= 4 is 51.1 Å². The van der Waals surface area contributed by atoms with Crippen molar-refractivity contribution in [2.45, 2.75) is 30.2 Å². The van der Waals surface area contributed by atoms with Crippen LogP contribution in [0.1, 0.15) is 35.8 Å². The molecule has 7 nitrogen and oxygen atoms in total. The predicted octanol–water partition coefficient (Wildman–Crippen LogP) is 5.29. The fourth-order valence-corrected chi connectivity index (χ4v) is 6.07. The fourth-order valence-electron chi connectivity index (χ4n) is 5.55. The highest BCUT2D eigenvalue weighted by atomic mass is 79.9. The van der Waals surface area contributed by atoms with Gasteiger partial charge in [-0.25, -0.2) is 4.79 Å². The molecule has 36 heavy (non-hydrogen) atoms. The summed E-state index contributed by atoms with van der Waals surface area (Å²) < 4.78 is 16.4. The maximum Gasteiger partial charge on any atom is 0.408 e. The number of methoxy groups -OCH3 is 1. The minimum Gasteiger partial charge on any atom is -0.496 e. The van der Waals surface area contributed by atoms with Crippen molar-refractivity contribution in [2.75, 3.05) is 38.8 Å². The lowest BCUT2D eigenvalue weighted by Crippen LogP contribution is -2.61. The number of hydrogen-bond donors (Lipinski definition) is 2. The Bertz CT molecular complexity index is 1090. The molecule has 1 saturated heterocycles. The van der Waals surface area contributed by atoms with E-state index in [1.807, 2.05) is 42.5 Å². The van der Waals surface area contributed by atoms with E-state index in [9.17, 15) is 9.59 Å². The van der Waals surface area contributed by atoms with Crippen LogP contribution in [0.3, 0.4) is 0 Å². The van der Waals surface area contributed by atoms with Gasteiger partial charge in [-0.3, -0.25) is 4.79 Å². The number of alkyl halides is 1. The molecule has 10 heteroatoms. The van der Waals surface area contributed by atoms with Gasteiger partial charge in [0.1, 0.15) is 17.9 Å². The van der Waals surface area contributed by atoms with Gasteiger partial charge < -0.3 is 24.8 Å². The lowest BCUT2D eigenvalue weighted by atomic mass is 9.60. The van der Waals surface area contributed by atoms with Gasteiger partial charge in [-0.1, -0.05) is 57.3 Å². The Balaban J connectivity index is 1.66. The lowest BCUT2D eigenvalue weighted by molar-refractivity contribution is -0.126. The van der Waals surface area contributed by atoms with Crippen LogP contribution in [0.5, 0.6) is 5.75 Å². The number of amides is 2. The third kappa shape index (κ3) is 5.62. The van der Waals surface area contributed by atoms with Crippen LogP contribution in [-0.4, -0.2) is 56.3 Å². The standard InChI is InChI=1S/C26H29BrCl2N2O5/c1-34-22-14-18(29)6-7-19(22)20-8-9-26(31-25(33)36-13-12-35-11-10-27)21(15-30-24(26)32)23(20)16-2-4-17(28)5-3-16/h2-7,14,20-21,23H,8-13,15H2,1H3,(H,30,32)(H,31,33)/t20-,21-,23-,26-/m0/s1. The Morgan fingerprint density at radius 3 is 2.61 bits per heavy atom. The van der Waals surface area contributed by atoms with Gasteiger partial charge in [0.15, 0.2) is 0 Å². The molecule has 2 amide bonds. The quantitative estimate of drug-likeness (QED) is 0.302. The summed E-state index contributed by atoms with van der Waals surface area (Å²) >= 11 is 15.7. The smallest absolute Gasteiger partial charge is 0.408 e. The number of halogens is 3. The molecule has 0 unspecified atom stereocenters. The first kappa shape index (κ1) is 27.0. The molecule has 0 aromatic heterocycles. The average Bonchev–Trinajstić information content (AvgIpc) is 3.19. The highest BCUT2D eigenvalue weighted by Crippen LogP contribution is 2.54. The van der Waals surface area contributed by atoms with Gasteiger partial charge in [0, 0.05) is 27.8 Å². The summed E-state index contributed by atoms with van der Waals surface area (Å²) in [7, 11) is 1.62. The molecule has 0 radical (unpaired) electrons. The third-order valence-corrected chi connectivity index (χ3v) is 7.91. The third-order valence-electron chi connectivity index (χ3n) is 7.09. The highest BCUT2D eigenvalue weighted by molar-refractivity contribution is 9.09. The largest absolute Gasteiger partial charge is 0.496 e. The van der Waals surface area contributed by atoms with Crippen molar-refractivity contribution in [2.24, 2.45) is 5.92 Å². The molecule has 2 aromatic carbocycles. The number of carbonyl (C=O) groups excluding carboxylic acids is 2. The SMILES string of the molecule is COc1cc(Cl)ccc1[C@@H]1CC[C@@]2(NC(=O)OCCOCCBr)C(=O)NC[C@H]2[C@H]1c1ccc(Cl)cc1. The lowest BCUT2D eigenvalue weighted by Gasteiger charge is -2.46. The van der Waals surface area contributed by atoms with Crippen LogP contribution in [0, 0.1) is 5.92 Å². The van der Waals surface area contributed by atoms with Gasteiger partial charge in [0.25, 0.3) is 0 Å². The highest BCUT2D eigenvalue weighted by Gasteiger charge is 2.59. The molecular formula is C26H29BrCl2N2O5. The summed E-state index contributed by atoms with van der Waals surface area (Å²) in [4.78, 5) is 26.0. The Morgan fingerprint density at radius 1 is 1.14 bits per heavy atom. The van der Waals surface area contributed by atoms with E-state index < -0.39 is 11.6 Å². The summed E-state index contributed by atoms with van der Waals surface area (Å²) in [6, 6.07) is 13.3. The van der Waals surface area contributed by atoms with E-state index in [1.165, 1.54) is 0 Å². The van der Waals surface area contributed by atoms with Crippen molar-refractivity contribution in [1.82, 2.24) is 10.6 Å². The fraction of sp³-hybridized carbons (Fsp3) is 0.462. The first-order valence-corrected chi connectivity index (χ1v) is 13.7. The van der Waals surface area contributed by atoms with Crippen molar-refractivity contribution in [3.05, 3.63) is 63.6 Å². The molecule has 2 aliphatic rings. The van der Waals surface area contributed by atoms with Crippen LogP contribution in [0.15, 0.2) is 42.5 Å². The monoisotopic (exact) mass is 598 g/mol. The summed E-state index contributed by atoms with van der Waals surface area (Å²) in [5.74, 6) is 0.211. The number of fused-ring (bicyclic) bond motifs is 1. The molecule has 0 spiro atoms. The zero-order valence-electron chi connectivity index (χ0n) is 19.9. The van der Waals surface area contributed by atoms with Gasteiger partial charge >= 0.3 is 6.09 Å². The molecule has 2 aromatic rings. The van der Waals surface area contributed by atoms with Crippen LogP contribution in [-0.2, 0) is 14.3 Å². The summed E-state index contributed by atoms with van der Waals surface area (Å²) in [6.07, 6.45) is 0.472. The normalized spacial score (nSPS) is 25.1. The van der Waals surface area contributed by atoms with Gasteiger partial charge in [0.2, 0.25) is 5.91 Å². The average molecular weight is 600 g/mol. The summed E-state index contributed by atoms with van der Waals surface area (Å²) in [6.45, 7) is 1.34. The zero-order chi connectivity index (χ0) is 25.7. The topological polar surface area (TPSA) is 85.9 Å². The van der Waals surface area contributed by atoms with Gasteiger partial charge in [-0.15, -0.1) is 0 Å². The van der Waals surface area contributed by atoms with Gasteiger partial charge in [-0.05, 0) is 60.1 Å². The van der Waals surface area contributed by atoms with E-state index in [4.69, 9.17) is 37.4 Å². The molecule has 194 valence electrons. The Morgan fingerprint density at radius 2 is 1.89 bits per heavy atom. The number of nitrogens with one attached hydrogen (secondary N) is 2. The molecule has 1 aliphatic heterocycles. The van der Waals surface area contributed by atoms with E-state index >= 15 is 0 Å². The zero-order valence-corrected chi connectivity index (χ0v) is 23.0. The Kier molecular flexibility index (Phi) is 9.04. The number of hydrogen-bond acceptors (Lipinski definition) is 5. The van der Waals surface area contributed by atoms with Crippen LogP contribution >= 0.6 is 39.1 Å². The molecule has 0 bridgehead atoms. The van der Waals surface area contributed by atoms with E-state index in [2.05, 4.69) is 26.6 Å². The van der Waals surface area contributed by atoms with Crippen molar-refractivity contribution in [1.29, 1.82) is 0 Å².